The topological polar surface area (TPSA) is 52.1 Å². The fraction of sp³-hybridized carbons (Fsp3) is 0.615. The van der Waals surface area contributed by atoms with Gasteiger partial charge in [-0.15, -0.1) is 0 Å². The molecule has 0 spiro atoms. The molecule has 0 saturated carbocycles. The molecule has 0 fully saturated rings. The van der Waals surface area contributed by atoms with Crippen LogP contribution >= 0.6 is 0 Å². The second kappa shape index (κ2) is 3.79. The summed E-state index contributed by atoms with van der Waals surface area (Å²) >= 11 is 0. The summed E-state index contributed by atoms with van der Waals surface area (Å²) < 4.78 is 5.05. The summed E-state index contributed by atoms with van der Waals surface area (Å²) in [7, 11) is 0. The van der Waals surface area contributed by atoms with E-state index in [0.29, 0.717) is 5.56 Å². The van der Waals surface area contributed by atoms with E-state index in [1.165, 1.54) is 0 Å². The number of esters is 1. The quantitative estimate of drug-likeness (QED) is 0.701. The van der Waals surface area contributed by atoms with Gasteiger partial charge in [0.25, 0.3) is 0 Å². The molecule has 0 amide bonds. The van der Waals surface area contributed by atoms with Crippen LogP contribution in [-0.2, 0) is 16.8 Å². The summed E-state index contributed by atoms with van der Waals surface area (Å²) in [5.74, 6) is 0.740. The van der Waals surface area contributed by atoms with Gasteiger partial charge in [-0.25, -0.2) is 14.8 Å². The molecule has 0 aromatic carbocycles. The number of aromatic nitrogens is 2. The molecule has 1 aliphatic rings. The van der Waals surface area contributed by atoms with Crippen LogP contribution in [0.15, 0.2) is 0 Å². The molecule has 0 radical (unpaired) electrons. The minimum Gasteiger partial charge on any atom is -0.455 e. The normalized spacial score (nSPS) is 15.1. The molecule has 0 unspecified atom stereocenters. The number of ether oxygens (including phenoxy) is 1. The van der Waals surface area contributed by atoms with Crippen molar-refractivity contribution in [2.75, 3.05) is 0 Å². The molecule has 2 heterocycles. The Labute approximate surface area is 101 Å². The zero-order chi connectivity index (χ0) is 12.8. The van der Waals surface area contributed by atoms with E-state index in [4.69, 9.17) is 4.74 Å². The van der Waals surface area contributed by atoms with Gasteiger partial charge in [-0.1, -0.05) is 34.6 Å². The van der Waals surface area contributed by atoms with Gasteiger partial charge >= 0.3 is 5.97 Å². The van der Waals surface area contributed by atoms with Crippen LogP contribution in [0.3, 0.4) is 0 Å². The molecule has 92 valence electrons. The van der Waals surface area contributed by atoms with Crippen molar-refractivity contribution in [2.24, 2.45) is 0 Å². The standard InChI is InChI=1S/C13H18N2O2/c1-7(2)11-14-8-6-17-12(16)9(8)10(15-11)13(3,4)5/h7H,6H2,1-5H3. The van der Waals surface area contributed by atoms with Gasteiger partial charge in [0.05, 0.1) is 11.4 Å². The number of fused-ring (bicyclic) bond motifs is 1. The zero-order valence-electron chi connectivity index (χ0n) is 11.0. The van der Waals surface area contributed by atoms with Crippen molar-refractivity contribution in [3.05, 3.63) is 22.8 Å². The first-order valence-electron chi connectivity index (χ1n) is 5.89. The van der Waals surface area contributed by atoms with Gasteiger partial charge in [-0.3, -0.25) is 0 Å². The Hall–Kier alpha value is -1.45. The maximum atomic E-state index is 11.7. The van der Waals surface area contributed by atoms with Gasteiger partial charge in [0.15, 0.2) is 0 Å². The Morgan fingerprint density at radius 1 is 1.24 bits per heavy atom. The second-order valence-electron chi connectivity index (χ2n) is 5.73. The Morgan fingerprint density at radius 3 is 2.41 bits per heavy atom. The average molecular weight is 234 g/mol. The third kappa shape index (κ3) is 2.04. The average Bonchev–Trinajstić information content (AvgIpc) is 2.58. The molecule has 0 saturated heterocycles. The minimum absolute atomic E-state index is 0.181. The van der Waals surface area contributed by atoms with Crippen LogP contribution in [0.2, 0.25) is 0 Å². The smallest absolute Gasteiger partial charge is 0.342 e. The predicted molar refractivity (Wildman–Crippen MR) is 63.9 cm³/mol. The first kappa shape index (κ1) is 12.0. The molecule has 17 heavy (non-hydrogen) atoms. The van der Waals surface area contributed by atoms with Crippen LogP contribution in [-0.4, -0.2) is 15.9 Å². The van der Waals surface area contributed by atoms with E-state index in [9.17, 15) is 4.79 Å². The summed E-state index contributed by atoms with van der Waals surface area (Å²) in [6, 6.07) is 0. The number of hydrogen-bond acceptors (Lipinski definition) is 4. The maximum absolute atomic E-state index is 11.7. The van der Waals surface area contributed by atoms with Gasteiger partial charge in [-0.05, 0) is 0 Å². The van der Waals surface area contributed by atoms with Gasteiger partial charge < -0.3 is 4.74 Å². The highest BCUT2D eigenvalue weighted by molar-refractivity contribution is 5.94. The van der Waals surface area contributed by atoms with Crippen LogP contribution < -0.4 is 0 Å². The largest absolute Gasteiger partial charge is 0.455 e. The number of cyclic esters (lactones) is 1. The van der Waals surface area contributed by atoms with Crippen molar-refractivity contribution in [3.63, 3.8) is 0 Å². The van der Waals surface area contributed by atoms with Gasteiger partial charge in [0, 0.05) is 11.3 Å². The van der Waals surface area contributed by atoms with Crippen molar-refractivity contribution in [2.45, 2.75) is 52.6 Å². The molecule has 0 N–H and O–H groups in total. The van der Waals surface area contributed by atoms with E-state index in [2.05, 4.69) is 9.97 Å². The van der Waals surface area contributed by atoms with E-state index in [0.717, 1.165) is 17.2 Å². The summed E-state index contributed by atoms with van der Waals surface area (Å²) in [6.07, 6.45) is 0. The number of carbonyl (C=O) groups excluding carboxylic acids is 1. The van der Waals surface area contributed by atoms with Crippen LogP contribution in [0.1, 0.15) is 68.1 Å². The van der Waals surface area contributed by atoms with E-state index in [-0.39, 0.29) is 23.9 Å². The van der Waals surface area contributed by atoms with Gasteiger partial charge in [-0.2, -0.15) is 0 Å². The zero-order valence-corrected chi connectivity index (χ0v) is 11.0. The molecule has 1 aliphatic heterocycles. The third-order valence-corrected chi connectivity index (χ3v) is 2.77. The van der Waals surface area contributed by atoms with Crippen molar-refractivity contribution in [1.82, 2.24) is 9.97 Å². The van der Waals surface area contributed by atoms with Crippen LogP contribution in [0.5, 0.6) is 0 Å². The molecule has 1 aromatic heterocycles. The first-order valence-corrected chi connectivity index (χ1v) is 5.89. The van der Waals surface area contributed by atoms with Crippen molar-refractivity contribution >= 4 is 5.97 Å². The van der Waals surface area contributed by atoms with Crippen molar-refractivity contribution in [1.29, 1.82) is 0 Å². The fourth-order valence-corrected chi connectivity index (χ4v) is 1.85. The highest BCUT2D eigenvalue weighted by Gasteiger charge is 2.33. The lowest BCUT2D eigenvalue weighted by Gasteiger charge is -2.21. The Bertz CT molecular complexity index is 473. The van der Waals surface area contributed by atoms with Crippen LogP contribution in [0.4, 0.5) is 0 Å². The first-order chi connectivity index (χ1) is 7.80. The Kier molecular flexibility index (Phi) is 2.68. The second-order valence-corrected chi connectivity index (χ2v) is 5.73. The van der Waals surface area contributed by atoms with Crippen LogP contribution in [0, 0.1) is 0 Å². The Morgan fingerprint density at radius 2 is 1.88 bits per heavy atom. The Balaban J connectivity index is 2.67. The van der Waals surface area contributed by atoms with Gasteiger partial charge in [0.1, 0.15) is 18.0 Å². The molecule has 4 nitrogen and oxygen atoms in total. The molecule has 0 aliphatic carbocycles. The van der Waals surface area contributed by atoms with Crippen molar-refractivity contribution in [3.8, 4) is 0 Å². The third-order valence-electron chi connectivity index (χ3n) is 2.77. The van der Waals surface area contributed by atoms with Crippen molar-refractivity contribution < 1.29 is 9.53 Å². The number of nitrogens with zero attached hydrogens (tertiary/aromatic N) is 2. The molecule has 2 rings (SSSR count). The fourth-order valence-electron chi connectivity index (χ4n) is 1.85. The summed E-state index contributed by atoms with van der Waals surface area (Å²) in [5, 5.41) is 0. The highest BCUT2D eigenvalue weighted by Crippen LogP contribution is 2.31. The van der Waals surface area contributed by atoms with E-state index < -0.39 is 0 Å². The van der Waals surface area contributed by atoms with Crippen LogP contribution in [0.25, 0.3) is 0 Å². The number of carbonyl (C=O) groups is 1. The number of rotatable bonds is 1. The summed E-state index contributed by atoms with van der Waals surface area (Å²) in [5.41, 5.74) is 1.93. The highest BCUT2D eigenvalue weighted by atomic mass is 16.5. The molecular weight excluding hydrogens is 216 g/mol. The van der Waals surface area contributed by atoms with E-state index >= 15 is 0 Å². The molecule has 4 heteroatoms. The summed E-state index contributed by atoms with van der Waals surface area (Å²) in [4.78, 5) is 20.7. The molecule has 0 bridgehead atoms. The molecular formula is C13H18N2O2. The summed E-state index contributed by atoms with van der Waals surface area (Å²) in [6.45, 7) is 10.5. The van der Waals surface area contributed by atoms with E-state index in [1.54, 1.807) is 0 Å². The van der Waals surface area contributed by atoms with E-state index in [1.807, 2.05) is 34.6 Å². The monoisotopic (exact) mass is 234 g/mol. The maximum Gasteiger partial charge on any atom is 0.342 e. The van der Waals surface area contributed by atoms with Gasteiger partial charge in [0.2, 0.25) is 0 Å². The molecule has 1 aromatic rings. The molecule has 0 atom stereocenters. The lowest BCUT2D eigenvalue weighted by Crippen LogP contribution is -2.21. The lowest BCUT2D eigenvalue weighted by atomic mass is 9.88. The minimum atomic E-state index is -0.291. The lowest BCUT2D eigenvalue weighted by molar-refractivity contribution is 0.0531. The predicted octanol–water partition coefficient (Wildman–Crippen LogP) is 2.57. The SMILES string of the molecule is CC(C)c1nc2c(c(C(C)(C)C)n1)C(=O)OC2. The number of hydrogen-bond donors (Lipinski definition) is 0.